The molecule has 0 aliphatic carbocycles. The zero-order valence-corrected chi connectivity index (χ0v) is 15.9. The number of aromatic amines is 1. The molecule has 0 spiro atoms. The third-order valence-electron chi connectivity index (χ3n) is 4.94. The molecule has 150 valence electrons. The Balaban J connectivity index is 1.69. The summed E-state index contributed by atoms with van der Waals surface area (Å²) in [6.45, 7) is 1.97. The number of amides is 1. The topological polar surface area (TPSA) is 74.8 Å². The van der Waals surface area contributed by atoms with Crippen LogP contribution in [0.4, 0.5) is 13.2 Å². The van der Waals surface area contributed by atoms with Gasteiger partial charge in [0.25, 0.3) is 5.91 Å². The van der Waals surface area contributed by atoms with Crippen LogP contribution in [-0.4, -0.2) is 37.0 Å². The Morgan fingerprint density at radius 3 is 2.76 bits per heavy atom. The van der Waals surface area contributed by atoms with Crippen molar-refractivity contribution in [2.45, 2.75) is 32.1 Å². The van der Waals surface area contributed by atoms with E-state index in [1.54, 1.807) is 12.3 Å². The Morgan fingerprint density at radius 2 is 2.07 bits per heavy atom. The van der Waals surface area contributed by atoms with Crippen molar-refractivity contribution in [2.75, 3.05) is 0 Å². The summed E-state index contributed by atoms with van der Waals surface area (Å²) in [5.74, 6) is -0.569. The minimum Gasteiger partial charge on any atom is -0.330 e. The summed E-state index contributed by atoms with van der Waals surface area (Å²) in [6.07, 6.45) is -1.18. The van der Waals surface area contributed by atoms with Crippen molar-refractivity contribution < 1.29 is 18.0 Å². The molecule has 3 heterocycles. The van der Waals surface area contributed by atoms with Crippen molar-refractivity contribution in [1.29, 1.82) is 0 Å². The molecular formula is C19H15ClF3N5O. The predicted molar refractivity (Wildman–Crippen MR) is 99.1 cm³/mol. The number of rotatable bonds is 2. The van der Waals surface area contributed by atoms with E-state index in [2.05, 4.69) is 20.2 Å². The van der Waals surface area contributed by atoms with Gasteiger partial charge in [0.2, 0.25) is 0 Å². The van der Waals surface area contributed by atoms with Gasteiger partial charge >= 0.3 is 6.18 Å². The molecule has 1 aliphatic heterocycles. The quantitative estimate of drug-likeness (QED) is 0.675. The largest absolute Gasteiger partial charge is 0.417 e. The first-order valence-electron chi connectivity index (χ1n) is 8.76. The standard InChI is InChI=1S/C19H15ClF3N5O/c1-10-7-12-15(24-9-25-17(12)14-5-6-26-27-14)8-28(10)18(29)11-3-2-4-13(16(11)20)19(21,22)23/h2-6,9-10H,7-8H2,1H3,(H,26,27)/t10-/m0/s1. The fraction of sp³-hybridized carbons (Fsp3) is 0.263. The molecular weight excluding hydrogens is 407 g/mol. The number of halogens is 4. The molecule has 1 amide bonds. The SMILES string of the molecule is C[C@H]1Cc2c(ncnc2-c2ccn[nH]2)CN1C(=O)c1cccc(C(F)(F)F)c1Cl. The molecule has 0 fully saturated rings. The van der Waals surface area contributed by atoms with Crippen LogP contribution >= 0.6 is 11.6 Å². The first kappa shape index (κ1) is 19.4. The van der Waals surface area contributed by atoms with E-state index in [1.807, 2.05) is 6.92 Å². The predicted octanol–water partition coefficient (Wildman–Crippen LogP) is 4.13. The maximum atomic E-state index is 13.2. The van der Waals surface area contributed by atoms with Gasteiger partial charge in [0.15, 0.2) is 0 Å². The highest BCUT2D eigenvalue weighted by Crippen LogP contribution is 2.37. The number of hydrogen-bond acceptors (Lipinski definition) is 4. The number of fused-ring (bicyclic) bond motifs is 1. The number of aromatic nitrogens is 4. The van der Waals surface area contributed by atoms with Gasteiger partial charge in [-0.1, -0.05) is 17.7 Å². The molecule has 4 rings (SSSR count). The van der Waals surface area contributed by atoms with Gasteiger partial charge in [-0.15, -0.1) is 0 Å². The van der Waals surface area contributed by atoms with E-state index in [9.17, 15) is 18.0 Å². The first-order chi connectivity index (χ1) is 13.8. The lowest BCUT2D eigenvalue weighted by Gasteiger charge is -2.35. The average molecular weight is 422 g/mol. The molecule has 29 heavy (non-hydrogen) atoms. The van der Waals surface area contributed by atoms with Gasteiger partial charge in [-0.2, -0.15) is 18.3 Å². The summed E-state index contributed by atoms with van der Waals surface area (Å²) < 4.78 is 39.5. The van der Waals surface area contributed by atoms with Crippen molar-refractivity contribution in [3.05, 3.63) is 64.2 Å². The second-order valence-electron chi connectivity index (χ2n) is 6.77. The van der Waals surface area contributed by atoms with Crippen LogP contribution in [0, 0.1) is 0 Å². The van der Waals surface area contributed by atoms with Gasteiger partial charge < -0.3 is 4.90 Å². The molecule has 2 aromatic heterocycles. The molecule has 1 N–H and O–H groups in total. The third kappa shape index (κ3) is 3.46. The fourth-order valence-corrected chi connectivity index (χ4v) is 3.80. The molecule has 3 aromatic rings. The van der Waals surface area contributed by atoms with Gasteiger partial charge in [0.05, 0.1) is 39.8 Å². The minimum absolute atomic E-state index is 0.144. The normalized spacial score (nSPS) is 16.6. The molecule has 10 heteroatoms. The minimum atomic E-state index is -4.64. The number of hydrogen-bond donors (Lipinski definition) is 1. The highest BCUT2D eigenvalue weighted by Gasteiger charge is 2.37. The fourth-order valence-electron chi connectivity index (χ4n) is 3.48. The van der Waals surface area contributed by atoms with Crippen LogP contribution in [0.1, 0.15) is 34.1 Å². The summed E-state index contributed by atoms with van der Waals surface area (Å²) in [6, 6.07) is 4.85. The van der Waals surface area contributed by atoms with Crippen LogP contribution in [0.25, 0.3) is 11.4 Å². The summed E-state index contributed by atoms with van der Waals surface area (Å²) in [5.41, 5.74) is 1.74. The molecule has 1 aliphatic rings. The third-order valence-corrected chi connectivity index (χ3v) is 5.34. The second kappa shape index (κ2) is 7.14. The number of nitrogens with zero attached hydrogens (tertiary/aromatic N) is 4. The number of nitrogens with one attached hydrogen (secondary N) is 1. The van der Waals surface area contributed by atoms with Crippen LogP contribution in [0.3, 0.4) is 0 Å². The van der Waals surface area contributed by atoms with E-state index >= 15 is 0 Å². The lowest BCUT2D eigenvalue weighted by atomic mass is 9.95. The van der Waals surface area contributed by atoms with Gasteiger partial charge in [-0.05, 0) is 31.5 Å². The Kier molecular flexibility index (Phi) is 4.77. The summed E-state index contributed by atoms with van der Waals surface area (Å²) in [5, 5.41) is 6.20. The van der Waals surface area contributed by atoms with Crippen LogP contribution in [0.5, 0.6) is 0 Å². The highest BCUT2D eigenvalue weighted by molar-refractivity contribution is 6.34. The van der Waals surface area contributed by atoms with Crippen LogP contribution in [0.2, 0.25) is 5.02 Å². The molecule has 1 atom stereocenters. The van der Waals surface area contributed by atoms with Crippen molar-refractivity contribution in [2.24, 2.45) is 0 Å². The van der Waals surface area contributed by atoms with E-state index < -0.39 is 22.7 Å². The van der Waals surface area contributed by atoms with Crippen molar-refractivity contribution in [3.63, 3.8) is 0 Å². The maximum Gasteiger partial charge on any atom is 0.417 e. The Morgan fingerprint density at radius 1 is 1.28 bits per heavy atom. The van der Waals surface area contributed by atoms with E-state index in [4.69, 9.17) is 11.6 Å². The maximum absolute atomic E-state index is 13.2. The monoisotopic (exact) mass is 421 g/mol. The van der Waals surface area contributed by atoms with Gasteiger partial charge in [0.1, 0.15) is 6.33 Å². The molecule has 1 aromatic carbocycles. The van der Waals surface area contributed by atoms with Crippen LogP contribution < -0.4 is 0 Å². The number of H-pyrrole nitrogens is 1. The van der Waals surface area contributed by atoms with E-state index in [1.165, 1.54) is 23.4 Å². The molecule has 0 bridgehead atoms. The van der Waals surface area contributed by atoms with Crippen LogP contribution in [0.15, 0.2) is 36.8 Å². The Hall–Kier alpha value is -2.94. The lowest BCUT2D eigenvalue weighted by molar-refractivity contribution is -0.137. The average Bonchev–Trinajstić information content (AvgIpc) is 3.20. The first-order valence-corrected chi connectivity index (χ1v) is 9.14. The molecule has 0 saturated carbocycles. The Bertz CT molecular complexity index is 1070. The van der Waals surface area contributed by atoms with E-state index in [0.717, 1.165) is 17.3 Å². The molecule has 0 unspecified atom stereocenters. The van der Waals surface area contributed by atoms with Crippen molar-refractivity contribution >= 4 is 17.5 Å². The second-order valence-corrected chi connectivity index (χ2v) is 7.15. The van der Waals surface area contributed by atoms with Gasteiger partial charge in [-0.25, -0.2) is 9.97 Å². The summed E-state index contributed by atoms with van der Waals surface area (Å²) in [7, 11) is 0. The number of alkyl halides is 3. The summed E-state index contributed by atoms with van der Waals surface area (Å²) in [4.78, 5) is 23.1. The lowest BCUT2D eigenvalue weighted by Crippen LogP contribution is -2.43. The van der Waals surface area contributed by atoms with Gasteiger partial charge in [0, 0.05) is 17.8 Å². The zero-order chi connectivity index (χ0) is 20.8. The van der Waals surface area contributed by atoms with Crippen molar-refractivity contribution in [3.8, 4) is 11.4 Å². The van der Waals surface area contributed by atoms with E-state index in [0.29, 0.717) is 17.8 Å². The van der Waals surface area contributed by atoms with E-state index in [-0.39, 0.29) is 18.2 Å². The Labute approximate surface area is 168 Å². The zero-order valence-electron chi connectivity index (χ0n) is 15.2. The number of benzene rings is 1. The smallest absolute Gasteiger partial charge is 0.330 e. The molecule has 0 saturated heterocycles. The number of carbonyl (C=O) groups is 1. The highest BCUT2D eigenvalue weighted by atomic mass is 35.5. The summed E-state index contributed by atoms with van der Waals surface area (Å²) >= 11 is 5.94. The molecule has 0 radical (unpaired) electrons. The van der Waals surface area contributed by atoms with Crippen molar-refractivity contribution in [1.82, 2.24) is 25.1 Å². The number of carbonyl (C=O) groups excluding carboxylic acids is 1. The van der Waals surface area contributed by atoms with Gasteiger partial charge in [-0.3, -0.25) is 9.89 Å². The van der Waals surface area contributed by atoms with Crippen LogP contribution in [-0.2, 0) is 19.1 Å². The molecule has 6 nitrogen and oxygen atoms in total.